The van der Waals surface area contributed by atoms with Gasteiger partial charge in [0.05, 0.1) is 0 Å². The zero-order valence-electron chi connectivity index (χ0n) is 7.66. The van der Waals surface area contributed by atoms with Crippen LogP contribution in [0.15, 0.2) is 24.3 Å². The highest BCUT2D eigenvalue weighted by atomic mass is 16.1. The number of amides is 1. The largest absolute Gasteiger partial charge is 0.355 e. The van der Waals surface area contributed by atoms with E-state index in [0.29, 0.717) is 12.0 Å². The third-order valence-electron chi connectivity index (χ3n) is 2.54. The fourth-order valence-corrected chi connectivity index (χ4v) is 1.74. The minimum absolute atomic E-state index is 0.374. The summed E-state index contributed by atoms with van der Waals surface area (Å²) >= 11 is 0. The fourth-order valence-electron chi connectivity index (χ4n) is 1.74. The van der Waals surface area contributed by atoms with E-state index in [1.165, 1.54) is 11.1 Å². The maximum absolute atomic E-state index is 10.2. The van der Waals surface area contributed by atoms with E-state index < -0.39 is 0 Å². The van der Waals surface area contributed by atoms with Gasteiger partial charge in [0.1, 0.15) is 0 Å². The minimum atomic E-state index is 0.374. The fraction of sp³-hybridized carbons (Fsp3) is 0.364. The molecule has 1 N–H and O–H groups in total. The summed E-state index contributed by atoms with van der Waals surface area (Å²) in [5.41, 5.74) is 2.63. The topological polar surface area (TPSA) is 29.1 Å². The van der Waals surface area contributed by atoms with Gasteiger partial charge in [-0.25, -0.2) is 0 Å². The molecule has 2 heteroatoms. The van der Waals surface area contributed by atoms with Gasteiger partial charge < -0.3 is 5.32 Å². The van der Waals surface area contributed by atoms with Crippen molar-refractivity contribution in [2.75, 3.05) is 0 Å². The third kappa shape index (κ3) is 1.72. The summed E-state index contributed by atoms with van der Waals surface area (Å²) in [4.78, 5) is 10.2. The molecule has 0 saturated heterocycles. The molecule has 1 aliphatic rings. The highest BCUT2D eigenvalue weighted by Gasteiger charge is 2.37. The van der Waals surface area contributed by atoms with Crippen molar-refractivity contribution in [3.63, 3.8) is 0 Å². The lowest BCUT2D eigenvalue weighted by atomic mass is 10.1. The van der Waals surface area contributed by atoms with E-state index in [-0.39, 0.29) is 0 Å². The first-order valence-corrected chi connectivity index (χ1v) is 4.57. The van der Waals surface area contributed by atoms with E-state index in [1.807, 2.05) is 0 Å². The Bertz CT molecular complexity index is 322. The van der Waals surface area contributed by atoms with E-state index in [1.54, 1.807) is 0 Å². The Morgan fingerprint density at radius 2 is 2.38 bits per heavy atom. The van der Waals surface area contributed by atoms with Crippen LogP contribution in [0.2, 0.25) is 0 Å². The van der Waals surface area contributed by atoms with Gasteiger partial charge in [0.2, 0.25) is 6.41 Å². The molecule has 1 aromatic rings. The average molecular weight is 175 g/mol. The number of hydrogen-bond donors (Lipinski definition) is 1. The lowest BCUT2D eigenvalue weighted by molar-refractivity contribution is -0.109. The molecule has 2 atom stereocenters. The first-order valence-electron chi connectivity index (χ1n) is 4.57. The number of hydrogen-bond acceptors (Lipinski definition) is 1. The molecule has 1 fully saturated rings. The molecule has 2 rings (SSSR count). The summed E-state index contributed by atoms with van der Waals surface area (Å²) in [5, 5.41) is 2.81. The first-order chi connectivity index (χ1) is 6.31. The van der Waals surface area contributed by atoms with Crippen molar-refractivity contribution in [1.29, 1.82) is 0 Å². The number of aryl methyl sites for hydroxylation is 1. The molecular formula is C11H13NO. The van der Waals surface area contributed by atoms with Gasteiger partial charge in [-0.15, -0.1) is 0 Å². The van der Waals surface area contributed by atoms with Gasteiger partial charge in [0.15, 0.2) is 0 Å². The van der Waals surface area contributed by atoms with Crippen molar-refractivity contribution in [2.45, 2.75) is 25.3 Å². The summed E-state index contributed by atoms with van der Waals surface area (Å²) in [5.74, 6) is 0.546. The number of carbonyl (C=O) groups is 1. The molecule has 1 saturated carbocycles. The van der Waals surface area contributed by atoms with Crippen molar-refractivity contribution in [3.05, 3.63) is 35.4 Å². The van der Waals surface area contributed by atoms with Gasteiger partial charge in [-0.1, -0.05) is 29.8 Å². The van der Waals surface area contributed by atoms with Crippen LogP contribution in [0.25, 0.3) is 0 Å². The standard InChI is InChI=1S/C11H13NO/c1-8-3-2-4-9(5-8)10-6-11(10)12-7-13/h2-5,7,10-11H,6H2,1H3,(H,12,13). The van der Waals surface area contributed by atoms with Gasteiger partial charge >= 0.3 is 0 Å². The molecule has 0 heterocycles. The van der Waals surface area contributed by atoms with Gasteiger partial charge in [-0.05, 0) is 18.9 Å². The Kier molecular flexibility index (Phi) is 2.05. The third-order valence-corrected chi connectivity index (χ3v) is 2.54. The Morgan fingerprint density at radius 1 is 1.54 bits per heavy atom. The maximum atomic E-state index is 10.2. The quantitative estimate of drug-likeness (QED) is 0.694. The molecule has 2 nitrogen and oxygen atoms in total. The first kappa shape index (κ1) is 8.30. The number of carbonyl (C=O) groups excluding carboxylic acids is 1. The highest BCUT2D eigenvalue weighted by Crippen LogP contribution is 2.40. The summed E-state index contributed by atoms with van der Waals surface area (Å²) in [7, 11) is 0. The van der Waals surface area contributed by atoms with Crippen LogP contribution in [0.3, 0.4) is 0 Å². The Labute approximate surface area is 78.0 Å². The zero-order chi connectivity index (χ0) is 9.26. The van der Waals surface area contributed by atoms with Crippen LogP contribution in [0.1, 0.15) is 23.5 Å². The second-order valence-corrected chi connectivity index (χ2v) is 3.65. The summed E-state index contributed by atoms with van der Waals surface area (Å²) < 4.78 is 0. The summed E-state index contributed by atoms with van der Waals surface area (Å²) in [6, 6.07) is 8.86. The number of nitrogens with one attached hydrogen (secondary N) is 1. The molecule has 0 bridgehead atoms. The van der Waals surface area contributed by atoms with Crippen LogP contribution in [-0.4, -0.2) is 12.5 Å². The van der Waals surface area contributed by atoms with Crippen molar-refractivity contribution >= 4 is 6.41 Å². The van der Waals surface area contributed by atoms with Crippen LogP contribution < -0.4 is 5.32 Å². The van der Waals surface area contributed by atoms with Gasteiger partial charge in [-0.3, -0.25) is 4.79 Å². The molecule has 0 radical (unpaired) electrons. The van der Waals surface area contributed by atoms with Gasteiger partial charge in [-0.2, -0.15) is 0 Å². The van der Waals surface area contributed by atoms with Gasteiger partial charge in [0, 0.05) is 12.0 Å². The summed E-state index contributed by atoms with van der Waals surface area (Å²) in [6.07, 6.45) is 1.88. The number of rotatable bonds is 3. The summed E-state index contributed by atoms with van der Waals surface area (Å²) in [6.45, 7) is 2.09. The van der Waals surface area contributed by atoms with E-state index in [9.17, 15) is 4.79 Å². The Morgan fingerprint density at radius 3 is 3.08 bits per heavy atom. The molecule has 0 spiro atoms. The minimum Gasteiger partial charge on any atom is -0.355 e. The molecule has 0 aliphatic heterocycles. The molecule has 0 aromatic heterocycles. The Hall–Kier alpha value is -1.31. The van der Waals surface area contributed by atoms with Crippen LogP contribution in [-0.2, 0) is 4.79 Å². The molecule has 68 valence electrons. The molecule has 2 unspecified atom stereocenters. The monoisotopic (exact) mass is 175 g/mol. The Balaban J connectivity index is 2.07. The van der Waals surface area contributed by atoms with Crippen LogP contribution >= 0.6 is 0 Å². The van der Waals surface area contributed by atoms with Crippen molar-refractivity contribution in [3.8, 4) is 0 Å². The van der Waals surface area contributed by atoms with E-state index in [4.69, 9.17) is 0 Å². The van der Waals surface area contributed by atoms with Crippen LogP contribution in [0.5, 0.6) is 0 Å². The van der Waals surface area contributed by atoms with Crippen LogP contribution in [0, 0.1) is 6.92 Å². The van der Waals surface area contributed by atoms with Crippen molar-refractivity contribution < 1.29 is 4.79 Å². The van der Waals surface area contributed by atoms with Crippen LogP contribution in [0.4, 0.5) is 0 Å². The maximum Gasteiger partial charge on any atom is 0.207 e. The molecule has 13 heavy (non-hydrogen) atoms. The molecule has 1 amide bonds. The van der Waals surface area contributed by atoms with E-state index in [2.05, 4.69) is 36.5 Å². The molecule has 1 aromatic carbocycles. The number of benzene rings is 1. The highest BCUT2D eigenvalue weighted by molar-refractivity contribution is 5.49. The van der Waals surface area contributed by atoms with Gasteiger partial charge in [0.25, 0.3) is 0 Å². The predicted octanol–water partition coefficient (Wildman–Crippen LogP) is 1.60. The normalized spacial score (nSPS) is 25.3. The smallest absolute Gasteiger partial charge is 0.207 e. The molecular weight excluding hydrogens is 162 g/mol. The van der Waals surface area contributed by atoms with Crippen molar-refractivity contribution in [2.24, 2.45) is 0 Å². The molecule has 1 aliphatic carbocycles. The lowest BCUT2D eigenvalue weighted by Gasteiger charge is -2.00. The predicted molar refractivity (Wildman–Crippen MR) is 51.5 cm³/mol. The second kappa shape index (κ2) is 3.21. The lowest BCUT2D eigenvalue weighted by Crippen LogP contribution is -2.14. The van der Waals surface area contributed by atoms with E-state index in [0.717, 1.165) is 12.8 Å². The van der Waals surface area contributed by atoms with E-state index >= 15 is 0 Å². The SMILES string of the molecule is Cc1cccc(C2CC2NC=O)c1. The second-order valence-electron chi connectivity index (χ2n) is 3.65. The average Bonchev–Trinajstić information content (AvgIpc) is 2.85. The zero-order valence-corrected chi connectivity index (χ0v) is 7.66. The van der Waals surface area contributed by atoms with Crippen molar-refractivity contribution in [1.82, 2.24) is 5.32 Å².